The van der Waals surface area contributed by atoms with Crippen molar-refractivity contribution in [3.63, 3.8) is 0 Å². The third kappa shape index (κ3) is 4.93. The topological polar surface area (TPSA) is 50.4 Å². The SMILES string of the molecule is CC(C)(C)OC(=O)NC1CC(Nc2c(Cl)cccc2C(F)(F)F)C1. The molecule has 2 N–H and O–H groups in total. The van der Waals surface area contributed by atoms with Gasteiger partial charge >= 0.3 is 12.3 Å². The molecule has 0 bridgehead atoms. The van der Waals surface area contributed by atoms with Crippen molar-refractivity contribution in [2.24, 2.45) is 0 Å². The van der Waals surface area contributed by atoms with Crippen molar-refractivity contribution in [2.75, 3.05) is 5.32 Å². The van der Waals surface area contributed by atoms with Gasteiger partial charge in [0.25, 0.3) is 0 Å². The van der Waals surface area contributed by atoms with Gasteiger partial charge < -0.3 is 15.4 Å². The van der Waals surface area contributed by atoms with E-state index in [0.29, 0.717) is 12.8 Å². The second-order valence-electron chi connectivity index (χ2n) is 6.82. The minimum atomic E-state index is -4.48. The summed E-state index contributed by atoms with van der Waals surface area (Å²) in [4.78, 5) is 11.6. The van der Waals surface area contributed by atoms with E-state index in [1.54, 1.807) is 20.8 Å². The van der Waals surface area contributed by atoms with Crippen LogP contribution in [0.3, 0.4) is 0 Å². The molecule has 1 saturated carbocycles. The Balaban J connectivity index is 1.92. The Morgan fingerprint density at radius 2 is 1.83 bits per heavy atom. The van der Waals surface area contributed by atoms with Crippen molar-refractivity contribution < 1.29 is 22.7 Å². The zero-order chi connectivity index (χ0) is 18.1. The van der Waals surface area contributed by atoms with Crippen LogP contribution in [0.1, 0.15) is 39.2 Å². The molecule has 1 aliphatic rings. The third-order valence-corrected chi connectivity index (χ3v) is 3.84. The highest BCUT2D eigenvalue weighted by Crippen LogP contribution is 2.40. The van der Waals surface area contributed by atoms with Gasteiger partial charge in [-0.25, -0.2) is 4.79 Å². The second kappa shape index (κ2) is 6.70. The monoisotopic (exact) mass is 364 g/mol. The number of carbonyl (C=O) groups excluding carboxylic acids is 1. The second-order valence-corrected chi connectivity index (χ2v) is 7.22. The number of amides is 1. The lowest BCUT2D eigenvalue weighted by Gasteiger charge is -2.37. The quantitative estimate of drug-likeness (QED) is 0.808. The van der Waals surface area contributed by atoms with Crippen LogP contribution in [0.15, 0.2) is 18.2 Å². The molecule has 8 heteroatoms. The number of alkyl halides is 3. The largest absolute Gasteiger partial charge is 0.444 e. The van der Waals surface area contributed by atoms with Crippen LogP contribution in [0, 0.1) is 0 Å². The molecule has 0 atom stereocenters. The van der Waals surface area contributed by atoms with Crippen LogP contribution in [0.25, 0.3) is 0 Å². The lowest BCUT2D eigenvalue weighted by molar-refractivity contribution is -0.137. The molecule has 134 valence electrons. The molecule has 0 aliphatic heterocycles. The van der Waals surface area contributed by atoms with Gasteiger partial charge in [-0.15, -0.1) is 0 Å². The fraction of sp³-hybridized carbons (Fsp3) is 0.562. The molecule has 1 aromatic rings. The van der Waals surface area contributed by atoms with Gasteiger partial charge in [0, 0.05) is 12.1 Å². The number of anilines is 1. The molecule has 2 rings (SSSR count). The van der Waals surface area contributed by atoms with Crippen molar-refractivity contribution in [1.82, 2.24) is 5.32 Å². The summed E-state index contributed by atoms with van der Waals surface area (Å²) in [7, 11) is 0. The molecular formula is C16H20ClF3N2O2. The summed E-state index contributed by atoms with van der Waals surface area (Å²) in [5.74, 6) is 0. The lowest BCUT2D eigenvalue weighted by atomic mass is 9.86. The highest BCUT2D eigenvalue weighted by molar-refractivity contribution is 6.33. The number of carbonyl (C=O) groups is 1. The summed E-state index contributed by atoms with van der Waals surface area (Å²) in [5, 5.41) is 5.54. The van der Waals surface area contributed by atoms with Crippen molar-refractivity contribution in [3.8, 4) is 0 Å². The molecule has 0 aromatic heterocycles. The maximum absolute atomic E-state index is 13.0. The minimum absolute atomic E-state index is 0.0216. The first-order chi connectivity index (χ1) is 11.0. The average Bonchev–Trinajstić information content (AvgIpc) is 2.34. The van der Waals surface area contributed by atoms with E-state index < -0.39 is 23.4 Å². The maximum Gasteiger partial charge on any atom is 0.418 e. The Kier molecular flexibility index (Phi) is 5.22. The average molecular weight is 365 g/mol. The van der Waals surface area contributed by atoms with E-state index in [4.69, 9.17) is 16.3 Å². The van der Waals surface area contributed by atoms with Crippen LogP contribution >= 0.6 is 11.6 Å². The van der Waals surface area contributed by atoms with E-state index in [1.165, 1.54) is 12.1 Å². The van der Waals surface area contributed by atoms with Gasteiger partial charge in [-0.3, -0.25) is 0 Å². The number of ether oxygens (including phenoxy) is 1. The van der Waals surface area contributed by atoms with Crippen LogP contribution in [0.2, 0.25) is 5.02 Å². The van der Waals surface area contributed by atoms with Crippen molar-refractivity contribution in [3.05, 3.63) is 28.8 Å². The Morgan fingerprint density at radius 1 is 1.21 bits per heavy atom. The van der Waals surface area contributed by atoms with E-state index in [0.717, 1.165) is 6.07 Å². The highest BCUT2D eigenvalue weighted by atomic mass is 35.5. The van der Waals surface area contributed by atoms with Gasteiger partial charge in [0.05, 0.1) is 16.3 Å². The van der Waals surface area contributed by atoms with Gasteiger partial charge in [0.1, 0.15) is 5.60 Å². The molecular weight excluding hydrogens is 345 g/mol. The van der Waals surface area contributed by atoms with E-state index in [1.807, 2.05) is 0 Å². The summed E-state index contributed by atoms with van der Waals surface area (Å²) in [6.45, 7) is 5.27. The smallest absolute Gasteiger partial charge is 0.418 e. The third-order valence-electron chi connectivity index (χ3n) is 3.53. The number of alkyl carbamates (subject to hydrolysis) is 1. The minimum Gasteiger partial charge on any atom is -0.444 e. The van der Waals surface area contributed by atoms with Crippen LogP contribution in [-0.2, 0) is 10.9 Å². The maximum atomic E-state index is 13.0. The van der Waals surface area contributed by atoms with Crippen LogP contribution in [-0.4, -0.2) is 23.8 Å². The number of rotatable bonds is 3. The molecule has 4 nitrogen and oxygen atoms in total. The lowest BCUT2D eigenvalue weighted by Crippen LogP contribution is -2.50. The predicted molar refractivity (Wildman–Crippen MR) is 86.3 cm³/mol. The number of benzene rings is 1. The molecule has 24 heavy (non-hydrogen) atoms. The molecule has 0 unspecified atom stereocenters. The van der Waals surface area contributed by atoms with Gasteiger partial charge in [-0.1, -0.05) is 17.7 Å². The van der Waals surface area contributed by atoms with E-state index in [9.17, 15) is 18.0 Å². The molecule has 0 heterocycles. The first kappa shape index (κ1) is 18.7. The Labute approximate surface area is 143 Å². The summed E-state index contributed by atoms with van der Waals surface area (Å²) in [6.07, 6.45) is -4.01. The standard InChI is InChI=1S/C16H20ClF3N2O2/c1-15(2,3)24-14(23)22-10-7-9(8-10)21-13-11(16(18,19)20)5-4-6-12(13)17/h4-6,9-10,21H,7-8H2,1-3H3,(H,22,23). The number of hydrogen-bond donors (Lipinski definition) is 2. The van der Waals surface area contributed by atoms with Crippen LogP contribution in [0.4, 0.5) is 23.7 Å². The van der Waals surface area contributed by atoms with Gasteiger partial charge in [0.15, 0.2) is 0 Å². The molecule has 1 amide bonds. The van der Waals surface area contributed by atoms with Crippen LogP contribution < -0.4 is 10.6 Å². The van der Waals surface area contributed by atoms with E-state index in [2.05, 4.69) is 10.6 Å². The fourth-order valence-corrected chi connectivity index (χ4v) is 2.67. The van der Waals surface area contributed by atoms with Crippen molar-refractivity contribution >= 4 is 23.4 Å². The fourth-order valence-electron chi connectivity index (χ4n) is 2.44. The van der Waals surface area contributed by atoms with E-state index in [-0.39, 0.29) is 22.8 Å². The Bertz CT molecular complexity index is 608. The molecule has 0 radical (unpaired) electrons. The number of hydrogen-bond acceptors (Lipinski definition) is 3. The number of halogens is 4. The first-order valence-electron chi connectivity index (χ1n) is 7.57. The van der Waals surface area contributed by atoms with Gasteiger partial charge in [0.2, 0.25) is 0 Å². The van der Waals surface area contributed by atoms with Crippen molar-refractivity contribution in [1.29, 1.82) is 0 Å². The molecule has 0 spiro atoms. The van der Waals surface area contributed by atoms with Gasteiger partial charge in [-0.2, -0.15) is 13.2 Å². The molecule has 1 aromatic carbocycles. The summed E-state index contributed by atoms with van der Waals surface area (Å²) < 4.78 is 44.2. The van der Waals surface area contributed by atoms with Crippen LogP contribution in [0.5, 0.6) is 0 Å². The summed E-state index contributed by atoms with van der Waals surface area (Å²) >= 11 is 5.90. The van der Waals surface area contributed by atoms with Gasteiger partial charge in [-0.05, 0) is 45.7 Å². The number of para-hydroxylation sites is 1. The molecule has 1 fully saturated rings. The summed E-state index contributed by atoms with van der Waals surface area (Å²) in [5.41, 5.74) is -1.50. The zero-order valence-corrected chi connectivity index (χ0v) is 14.4. The highest BCUT2D eigenvalue weighted by Gasteiger charge is 2.37. The van der Waals surface area contributed by atoms with Crippen molar-refractivity contribution in [2.45, 2.75) is 57.5 Å². The zero-order valence-electron chi connectivity index (χ0n) is 13.6. The Morgan fingerprint density at radius 3 is 2.38 bits per heavy atom. The summed E-state index contributed by atoms with van der Waals surface area (Å²) in [6, 6.07) is 3.35. The molecule has 0 saturated heterocycles. The Hall–Kier alpha value is -1.63. The predicted octanol–water partition coefficient (Wildman–Crippen LogP) is 4.83. The molecule has 1 aliphatic carbocycles. The van der Waals surface area contributed by atoms with E-state index >= 15 is 0 Å². The normalized spacial score (nSPS) is 21.0. The first-order valence-corrected chi connectivity index (χ1v) is 7.95. The number of nitrogens with one attached hydrogen (secondary N) is 2.